The molecule has 5 heteroatoms. The number of thiazole rings is 1. The summed E-state index contributed by atoms with van der Waals surface area (Å²) < 4.78 is 8.20. The quantitative estimate of drug-likeness (QED) is 0.813. The van der Waals surface area contributed by atoms with Gasteiger partial charge in [0, 0.05) is 36.8 Å². The summed E-state index contributed by atoms with van der Waals surface area (Å²) in [6.07, 6.45) is 7.08. The topological polar surface area (TPSA) is 38.6 Å². The van der Waals surface area contributed by atoms with Crippen LogP contribution in [0.3, 0.4) is 0 Å². The molecule has 4 nitrogen and oxygen atoms in total. The molecule has 0 radical (unpaired) electrons. The van der Waals surface area contributed by atoms with Crippen molar-refractivity contribution in [1.29, 1.82) is 0 Å². The third kappa shape index (κ3) is 2.90. The van der Waals surface area contributed by atoms with Crippen molar-refractivity contribution in [2.45, 2.75) is 51.7 Å². The third-order valence-corrected chi connectivity index (χ3v) is 4.94. The Hall–Kier alpha value is -0.910. The monoisotopic (exact) mass is 295 g/mol. The number of nitrogens with zero attached hydrogens (tertiary/aromatic N) is 2. The number of fused-ring (bicyclic) bond motifs is 1. The summed E-state index contributed by atoms with van der Waals surface area (Å²) in [6.45, 7) is 7.22. The Balaban J connectivity index is 2.20. The van der Waals surface area contributed by atoms with E-state index in [1.807, 2.05) is 7.05 Å². The predicted molar refractivity (Wildman–Crippen MR) is 84.6 cm³/mol. The number of hydrogen-bond donors (Lipinski definition) is 1. The number of aromatic nitrogens is 2. The zero-order valence-electron chi connectivity index (χ0n) is 12.8. The van der Waals surface area contributed by atoms with Crippen molar-refractivity contribution in [1.82, 2.24) is 14.7 Å². The Kier molecular flexibility index (Phi) is 5.18. The zero-order chi connectivity index (χ0) is 14.6. The fourth-order valence-electron chi connectivity index (χ4n) is 2.97. The van der Waals surface area contributed by atoms with Crippen LogP contribution in [0.2, 0.25) is 0 Å². The molecular weight excluding hydrogens is 270 g/mol. The molecule has 0 aromatic carbocycles. The first kappa shape index (κ1) is 15.5. The lowest BCUT2D eigenvalue weighted by atomic mass is 9.85. The molecule has 0 aliphatic rings. The van der Waals surface area contributed by atoms with Crippen molar-refractivity contribution < 1.29 is 4.74 Å². The van der Waals surface area contributed by atoms with Crippen LogP contribution in [0.5, 0.6) is 0 Å². The second-order valence-corrected chi connectivity index (χ2v) is 5.95. The molecule has 0 bridgehead atoms. The molecule has 0 saturated carbocycles. The molecule has 0 aliphatic heterocycles. The fraction of sp³-hybridized carbons (Fsp3) is 0.667. The van der Waals surface area contributed by atoms with Gasteiger partial charge in [0.05, 0.1) is 11.3 Å². The average molecular weight is 295 g/mol. The Morgan fingerprint density at radius 2 is 2.15 bits per heavy atom. The maximum Gasteiger partial charge on any atom is 0.193 e. The molecule has 0 amide bonds. The normalized spacial score (nSPS) is 14.0. The van der Waals surface area contributed by atoms with E-state index in [0.717, 1.165) is 36.5 Å². The van der Waals surface area contributed by atoms with Crippen molar-refractivity contribution in [3.05, 3.63) is 23.5 Å². The molecular formula is C15H25N3OS. The molecule has 20 heavy (non-hydrogen) atoms. The van der Waals surface area contributed by atoms with Crippen LogP contribution in [0.15, 0.2) is 17.8 Å². The van der Waals surface area contributed by atoms with Crippen LogP contribution in [0.1, 0.15) is 39.3 Å². The molecule has 0 spiro atoms. The van der Waals surface area contributed by atoms with Gasteiger partial charge in [-0.05, 0) is 26.8 Å². The van der Waals surface area contributed by atoms with Gasteiger partial charge in [-0.25, -0.2) is 4.98 Å². The van der Waals surface area contributed by atoms with Crippen molar-refractivity contribution in [2.24, 2.45) is 0 Å². The lowest BCUT2D eigenvalue weighted by Crippen LogP contribution is -2.52. The van der Waals surface area contributed by atoms with Crippen LogP contribution >= 0.6 is 11.3 Å². The van der Waals surface area contributed by atoms with E-state index >= 15 is 0 Å². The number of likely N-dealkylation sites (N-methyl/N-ethyl adjacent to an activating group) is 1. The minimum absolute atomic E-state index is 0.111. The lowest BCUT2D eigenvalue weighted by molar-refractivity contribution is -0.0705. The highest BCUT2D eigenvalue weighted by Gasteiger charge is 2.36. The highest BCUT2D eigenvalue weighted by atomic mass is 32.1. The average Bonchev–Trinajstić information content (AvgIpc) is 3.03. The SMILES string of the molecule is CCOC(CC)(CC)C(Cc1cn2ccsc2n1)NC. The van der Waals surface area contributed by atoms with Gasteiger partial charge in [-0.3, -0.25) is 4.40 Å². The van der Waals surface area contributed by atoms with E-state index in [0.29, 0.717) is 0 Å². The van der Waals surface area contributed by atoms with Crippen molar-refractivity contribution >= 4 is 16.3 Å². The highest BCUT2D eigenvalue weighted by Crippen LogP contribution is 2.27. The minimum Gasteiger partial charge on any atom is -0.374 e. The summed E-state index contributed by atoms with van der Waals surface area (Å²) in [7, 11) is 2.02. The number of nitrogens with one attached hydrogen (secondary N) is 1. The van der Waals surface area contributed by atoms with E-state index in [9.17, 15) is 0 Å². The van der Waals surface area contributed by atoms with E-state index in [4.69, 9.17) is 4.74 Å². The Labute approximate surface area is 125 Å². The standard InChI is InChI=1S/C15H25N3OS/c1-5-15(6-2,19-7-3)13(16-4)10-12-11-18-8-9-20-14(18)17-12/h8-9,11,13,16H,5-7,10H2,1-4H3. The van der Waals surface area contributed by atoms with E-state index in [2.05, 4.69) is 53.2 Å². The lowest BCUT2D eigenvalue weighted by Gasteiger charge is -2.39. The smallest absolute Gasteiger partial charge is 0.193 e. The Morgan fingerprint density at radius 1 is 1.40 bits per heavy atom. The highest BCUT2D eigenvalue weighted by molar-refractivity contribution is 7.15. The maximum atomic E-state index is 6.11. The van der Waals surface area contributed by atoms with E-state index < -0.39 is 0 Å². The van der Waals surface area contributed by atoms with Gasteiger partial charge in [-0.15, -0.1) is 11.3 Å². The van der Waals surface area contributed by atoms with E-state index in [1.54, 1.807) is 11.3 Å². The number of ether oxygens (including phenoxy) is 1. The van der Waals surface area contributed by atoms with Gasteiger partial charge < -0.3 is 10.1 Å². The summed E-state index contributed by atoms with van der Waals surface area (Å²) in [5, 5.41) is 5.50. The summed E-state index contributed by atoms with van der Waals surface area (Å²) in [5.74, 6) is 0. The first-order valence-corrected chi connectivity index (χ1v) is 8.29. The molecule has 2 rings (SSSR count). The summed E-state index contributed by atoms with van der Waals surface area (Å²) >= 11 is 1.67. The largest absolute Gasteiger partial charge is 0.374 e. The van der Waals surface area contributed by atoms with E-state index in [1.165, 1.54) is 0 Å². The van der Waals surface area contributed by atoms with Gasteiger partial charge >= 0.3 is 0 Å². The van der Waals surface area contributed by atoms with Crippen LogP contribution in [-0.4, -0.2) is 34.7 Å². The second kappa shape index (κ2) is 6.70. The minimum atomic E-state index is -0.111. The first-order valence-electron chi connectivity index (χ1n) is 7.41. The molecule has 1 N–H and O–H groups in total. The summed E-state index contributed by atoms with van der Waals surface area (Å²) in [5.41, 5.74) is 1.02. The van der Waals surface area contributed by atoms with E-state index in [-0.39, 0.29) is 11.6 Å². The molecule has 2 aromatic rings. The van der Waals surface area contributed by atoms with Crippen molar-refractivity contribution in [2.75, 3.05) is 13.7 Å². The summed E-state index contributed by atoms with van der Waals surface area (Å²) in [6, 6.07) is 0.280. The van der Waals surface area contributed by atoms with Gasteiger partial charge in [-0.2, -0.15) is 0 Å². The van der Waals surface area contributed by atoms with Crippen LogP contribution in [0.4, 0.5) is 0 Å². The number of rotatable bonds is 8. The van der Waals surface area contributed by atoms with Crippen LogP contribution in [0.25, 0.3) is 4.96 Å². The molecule has 0 fully saturated rings. The molecule has 2 aromatic heterocycles. The van der Waals surface area contributed by atoms with Crippen LogP contribution in [-0.2, 0) is 11.2 Å². The predicted octanol–water partition coefficient (Wildman–Crippen LogP) is 3.12. The molecule has 0 aliphatic carbocycles. The van der Waals surface area contributed by atoms with Gasteiger partial charge in [-0.1, -0.05) is 13.8 Å². The van der Waals surface area contributed by atoms with Gasteiger partial charge in [0.15, 0.2) is 4.96 Å². The van der Waals surface area contributed by atoms with Crippen LogP contribution < -0.4 is 5.32 Å². The molecule has 1 unspecified atom stereocenters. The summed E-state index contributed by atoms with van der Waals surface area (Å²) in [4.78, 5) is 5.75. The van der Waals surface area contributed by atoms with Crippen molar-refractivity contribution in [3.63, 3.8) is 0 Å². The van der Waals surface area contributed by atoms with Gasteiger partial charge in [0.25, 0.3) is 0 Å². The molecule has 1 atom stereocenters. The third-order valence-electron chi connectivity index (χ3n) is 4.17. The Bertz CT molecular complexity index is 501. The Morgan fingerprint density at radius 3 is 2.70 bits per heavy atom. The molecule has 0 saturated heterocycles. The van der Waals surface area contributed by atoms with Gasteiger partial charge in [0.2, 0.25) is 0 Å². The number of imidazole rings is 1. The second-order valence-electron chi connectivity index (χ2n) is 5.08. The molecule has 112 valence electrons. The van der Waals surface area contributed by atoms with Gasteiger partial charge in [0.1, 0.15) is 0 Å². The fourth-order valence-corrected chi connectivity index (χ4v) is 3.69. The van der Waals surface area contributed by atoms with Crippen LogP contribution in [0, 0.1) is 0 Å². The number of hydrogen-bond acceptors (Lipinski definition) is 4. The van der Waals surface area contributed by atoms with Crippen molar-refractivity contribution in [3.8, 4) is 0 Å². The maximum absolute atomic E-state index is 6.11. The zero-order valence-corrected chi connectivity index (χ0v) is 13.7. The first-order chi connectivity index (χ1) is 9.69. The molecule has 2 heterocycles.